The summed E-state index contributed by atoms with van der Waals surface area (Å²) in [5.41, 5.74) is -0.0970. The second-order valence-corrected chi connectivity index (χ2v) is 8.00. The van der Waals surface area contributed by atoms with Crippen molar-refractivity contribution in [2.75, 3.05) is 17.1 Å². The maximum absolute atomic E-state index is 14.3. The Morgan fingerprint density at radius 2 is 1.48 bits per heavy atom. The third-order valence-corrected chi connectivity index (χ3v) is 5.59. The van der Waals surface area contributed by atoms with Crippen molar-refractivity contribution in [3.63, 3.8) is 0 Å². The molecule has 0 atom stereocenters. The lowest BCUT2D eigenvalue weighted by molar-refractivity contribution is 0.0961. The predicted molar refractivity (Wildman–Crippen MR) is 111 cm³/mol. The molecule has 0 radical (unpaired) electrons. The van der Waals surface area contributed by atoms with Crippen LogP contribution in [0, 0.1) is 11.6 Å². The van der Waals surface area contributed by atoms with E-state index in [2.05, 4.69) is 15.4 Å². The van der Waals surface area contributed by atoms with Gasteiger partial charge in [-0.3, -0.25) is 14.3 Å². The van der Waals surface area contributed by atoms with Crippen LogP contribution in [0.5, 0.6) is 0 Å². The second-order valence-electron chi connectivity index (χ2n) is 6.35. The lowest BCUT2D eigenvalue weighted by Crippen LogP contribution is -2.20. The predicted octanol–water partition coefficient (Wildman–Crippen LogP) is 3.38. The zero-order chi connectivity index (χ0) is 22.6. The summed E-state index contributed by atoms with van der Waals surface area (Å²) in [6.07, 6.45) is 0. The Morgan fingerprint density at radius 3 is 2.16 bits per heavy atom. The minimum atomic E-state index is -4.44. The molecule has 3 aromatic rings. The molecule has 160 valence electrons. The topological polar surface area (TPSA) is 104 Å². The number of para-hydroxylation sites is 1. The van der Waals surface area contributed by atoms with Crippen LogP contribution in [0.25, 0.3) is 0 Å². The van der Waals surface area contributed by atoms with Gasteiger partial charge in [-0.2, -0.15) is 0 Å². The van der Waals surface area contributed by atoms with Crippen LogP contribution in [0.1, 0.15) is 20.7 Å². The molecule has 0 saturated heterocycles. The van der Waals surface area contributed by atoms with Gasteiger partial charge in [-0.15, -0.1) is 0 Å². The van der Waals surface area contributed by atoms with Crippen LogP contribution in [0.15, 0.2) is 71.6 Å². The minimum Gasteiger partial charge on any atom is -0.355 e. The quantitative estimate of drug-likeness (QED) is 0.541. The van der Waals surface area contributed by atoms with Crippen molar-refractivity contribution >= 4 is 33.2 Å². The molecule has 0 aliphatic carbocycles. The molecule has 0 aliphatic heterocycles. The van der Waals surface area contributed by atoms with Gasteiger partial charge in [-0.1, -0.05) is 24.3 Å². The minimum absolute atomic E-state index is 0.168. The maximum atomic E-state index is 14.3. The van der Waals surface area contributed by atoms with Crippen LogP contribution in [-0.2, 0) is 10.0 Å². The number of amides is 2. The summed E-state index contributed by atoms with van der Waals surface area (Å²) in [6.45, 7) is 0. The molecule has 3 N–H and O–H groups in total. The fourth-order valence-electron chi connectivity index (χ4n) is 2.71. The number of nitrogens with one attached hydrogen (secondary N) is 3. The van der Waals surface area contributed by atoms with Crippen molar-refractivity contribution in [3.8, 4) is 0 Å². The number of halogens is 2. The van der Waals surface area contributed by atoms with E-state index in [1.54, 1.807) is 18.2 Å². The summed E-state index contributed by atoms with van der Waals surface area (Å²) in [5, 5.41) is 4.80. The Hall–Kier alpha value is -3.79. The van der Waals surface area contributed by atoms with Crippen molar-refractivity contribution in [3.05, 3.63) is 89.5 Å². The van der Waals surface area contributed by atoms with E-state index in [9.17, 15) is 26.8 Å². The van der Waals surface area contributed by atoms with Crippen LogP contribution in [0.2, 0.25) is 0 Å². The Balaban J connectivity index is 1.92. The molecular formula is C21H17F2N3O4S. The third-order valence-electron chi connectivity index (χ3n) is 4.19. The number of sulfonamides is 1. The number of benzene rings is 3. The van der Waals surface area contributed by atoms with Crippen molar-refractivity contribution in [1.29, 1.82) is 0 Å². The van der Waals surface area contributed by atoms with Gasteiger partial charge in [0, 0.05) is 30.1 Å². The van der Waals surface area contributed by atoms with E-state index in [-0.39, 0.29) is 16.9 Å². The molecule has 7 nitrogen and oxygen atoms in total. The van der Waals surface area contributed by atoms with Gasteiger partial charge in [0.15, 0.2) is 0 Å². The van der Waals surface area contributed by atoms with Crippen LogP contribution < -0.4 is 15.4 Å². The molecule has 0 heterocycles. The molecule has 0 spiro atoms. The van der Waals surface area contributed by atoms with Gasteiger partial charge in [-0.05, 0) is 36.4 Å². The van der Waals surface area contributed by atoms with Gasteiger partial charge in [-0.25, -0.2) is 17.2 Å². The number of hydrogen-bond donors (Lipinski definition) is 3. The highest BCUT2D eigenvalue weighted by Gasteiger charge is 2.24. The van der Waals surface area contributed by atoms with Crippen molar-refractivity contribution in [2.45, 2.75) is 4.90 Å². The van der Waals surface area contributed by atoms with Crippen LogP contribution in [0.4, 0.5) is 20.2 Å². The Morgan fingerprint density at radius 1 is 0.806 bits per heavy atom. The summed E-state index contributed by atoms with van der Waals surface area (Å²) in [6, 6.07) is 14.5. The number of hydrogen-bond acceptors (Lipinski definition) is 4. The number of anilines is 2. The zero-order valence-corrected chi connectivity index (χ0v) is 17.0. The first-order valence-electron chi connectivity index (χ1n) is 8.91. The van der Waals surface area contributed by atoms with Gasteiger partial charge in [0.2, 0.25) is 0 Å². The monoisotopic (exact) mass is 445 g/mol. The fraction of sp³-hybridized carbons (Fsp3) is 0.0476. The van der Waals surface area contributed by atoms with Gasteiger partial charge in [0.1, 0.15) is 16.5 Å². The third kappa shape index (κ3) is 5.04. The molecule has 10 heteroatoms. The van der Waals surface area contributed by atoms with Crippen molar-refractivity contribution in [1.82, 2.24) is 5.32 Å². The van der Waals surface area contributed by atoms with Gasteiger partial charge >= 0.3 is 0 Å². The lowest BCUT2D eigenvalue weighted by atomic mass is 10.1. The highest BCUT2D eigenvalue weighted by molar-refractivity contribution is 7.92. The first-order valence-corrected chi connectivity index (χ1v) is 10.4. The summed E-state index contributed by atoms with van der Waals surface area (Å²) in [7, 11) is -3.00. The molecule has 3 rings (SSSR count). The summed E-state index contributed by atoms with van der Waals surface area (Å²) < 4.78 is 55.9. The van der Waals surface area contributed by atoms with E-state index in [1.807, 2.05) is 0 Å². The Kier molecular flexibility index (Phi) is 6.30. The highest BCUT2D eigenvalue weighted by Crippen LogP contribution is 2.23. The molecule has 0 aliphatic rings. The average Bonchev–Trinajstić information content (AvgIpc) is 2.73. The summed E-state index contributed by atoms with van der Waals surface area (Å²) in [5.74, 6) is -4.00. The number of carbonyl (C=O) groups excluding carboxylic acids is 2. The Labute approximate surface area is 177 Å². The second kappa shape index (κ2) is 8.92. The summed E-state index contributed by atoms with van der Waals surface area (Å²) in [4.78, 5) is 23.4. The average molecular weight is 445 g/mol. The molecular weight excluding hydrogens is 428 g/mol. The number of rotatable bonds is 6. The van der Waals surface area contributed by atoms with Gasteiger partial charge in [0.05, 0.1) is 5.56 Å². The number of carbonyl (C=O) groups is 2. The van der Waals surface area contributed by atoms with Crippen LogP contribution in [-0.4, -0.2) is 27.3 Å². The van der Waals surface area contributed by atoms with E-state index < -0.39 is 43.9 Å². The zero-order valence-electron chi connectivity index (χ0n) is 16.1. The molecule has 0 fully saturated rings. The highest BCUT2D eigenvalue weighted by atomic mass is 32.2. The molecule has 2 amide bonds. The van der Waals surface area contributed by atoms with E-state index in [4.69, 9.17) is 0 Å². The van der Waals surface area contributed by atoms with Crippen molar-refractivity contribution in [2.24, 2.45) is 0 Å². The van der Waals surface area contributed by atoms with Crippen LogP contribution in [0.3, 0.4) is 0 Å². The van der Waals surface area contributed by atoms with E-state index in [0.717, 1.165) is 0 Å². The molecule has 0 bridgehead atoms. The molecule has 31 heavy (non-hydrogen) atoms. The smallest absolute Gasteiger partial charge is 0.264 e. The lowest BCUT2D eigenvalue weighted by Gasteiger charge is -2.12. The molecule has 0 aromatic heterocycles. The van der Waals surface area contributed by atoms with E-state index in [0.29, 0.717) is 12.1 Å². The summed E-state index contributed by atoms with van der Waals surface area (Å²) >= 11 is 0. The molecule has 3 aromatic carbocycles. The largest absolute Gasteiger partial charge is 0.355 e. The van der Waals surface area contributed by atoms with E-state index in [1.165, 1.54) is 43.4 Å². The Bertz CT molecular complexity index is 1250. The fourth-order valence-corrected chi connectivity index (χ4v) is 3.85. The van der Waals surface area contributed by atoms with Crippen molar-refractivity contribution < 1.29 is 26.8 Å². The van der Waals surface area contributed by atoms with E-state index >= 15 is 0 Å². The normalized spacial score (nSPS) is 10.9. The van der Waals surface area contributed by atoms with Gasteiger partial charge < -0.3 is 10.6 Å². The molecule has 0 saturated carbocycles. The standard InChI is InChI=1S/C21H17F2N3O4S/c1-24-20(27)13-6-5-9-15(10-13)25-21(28)16-11-19(18(23)12-17(16)22)31(29,30)26-14-7-3-2-4-8-14/h2-12,26H,1H3,(H,24,27)(H,25,28). The van der Waals surface area contributed by atoms with Gasteiger partial charge in [0.25, 0.3) is 21.8 Å². The molecule has 0 unspecified atom stereocenters. The maximum Gasteiger partial charge on any atom is 0.264 e. The first-order chi connectivity index (χ1) is 14.7. The van der Waals surface area contributed by atoms with Crippen LogP contribution >= 0.6 is 0 Å². The SMILES string of the molecule is CNC(=O)c1cccc(NC(=O)c2cc(S(=O)(=O)Nc3ccccc3)c(F)cc2F)c1. The first kappa shape index (κ1) is 21.9.